The van der Waals surface area contributed by atoms with Crippen LogP contribution in [0.4, 0.5) is 0 Å². The van der Waals surface area contributed by atoms with Gasteiger partial charge in [-0.15, -0.1) is 11.3 Å². The highest BCUT2D eigenvalue weighted by molar-refractivity contribution is 7.19. The Balaban J connectivity index is 2.51. The van der Waals surface area contributed by atoms with E-state index in [0.29, 0.717) is 0 Å². The molecule has 0 aliphatic rings. The highest BCUT2D eigenvalue weighted by Crippen LogP contribution is 2.31. The predicted molar refractivity (Wildman–Crippen MR) is 54.8 cm³/mol. The van der Waals surface area contributed by atoms with E-state index >= 15 is 0 Å². The number of rotatable bonds is 2. The summed E-state index contributed by atoms with van der Waals surface area (Å²) in [5.41, 5.74) is 0. The van der Waals surface area contributed by atoms with Gasteiger partial charge in [0, 0.05) is 15.0 Å². The fourth-order valence-corrected chi connectivity index (χ4v) is 2.41. The second-order valence-corrected chi connectivity index (χ2v) is 4.14. The lowest BCUT2D eigenvalue weighted by Gasteiger charge is -1.90. The number of phenolic OH excluding ortho intramolecular Hbond substituents is 1. The summed E-state index contributed by atoms with van der Waals surface area (Å²) in [6.07, 6.45) is 0.0127. The maximum atomic E-state index is 10.5. The van der Waals surface area contributed by atoms with Gasteiger partial charge in [-0.25, -0.2) is 0 Å². The highest BCUT2D eigenvalue weighted by Gasteiger charge is 2.07. The number of carboxylic acid groups (broad SMARTS) is 1. The van der Waals surface area contributed by atoms with Crippen LogP contribution in [0.2, 0.25) is 0 Å². The second kappa shape index (κ2) is 3.31. The first-order valence-electron chi connectivity index (χ1n) is 4.09. The van der Waals surface area contributed by atoms with Crippen LogP contribution in [0.5, 0.6) is 5.75 Å². The van der Waals surface area contributed by atoms with Gasteiger partial charge in [0.2, 0.25) is 0 Å². The third-order valence-corrected chi connectivity index (χ3v) is 3.02. The minimum atomic E-state index is -0.851. The lowest BCUT2D eigenvalue weighted by atomic mass is 10.2. The van der Waals surface area contributed by atoms with Crippen molar-refractivity contribution in [3.05, 3.63) is 29.1 Å². The Kier molecular flexibility index (Phi) is 2.13. The molecule has 1 aromatic carbocycles. The quantitative estimate of drug-likeness (QED) is 0.795. The zero-order valence-corrected chi connectivity index (χ0v) is 8.04. The summed E-state index contributed by atoms with van der Waals surface area (Å²) in [4.78, 5) is 11.2. The smallest absolute Gasteiger partial charge is 0.308 e. The predicted octanol–water partition coefficient (Wildman–Crippen LogP) is 2.23. The van der Waals surface area contributed by atoms with Crippen LogP contribution >= 0.6 is 11.3 Å². The van der Waals surface area contributed by atoms with Gasteiger partial charge in [-0.3, -0.25) is 4.79 Å². The number of phenols is 1. The fraction of sp³-hybridized carbons (Fsp3) is 0.100. The third kappa shape index (κ3) is 1.56. The molecular formula is C10H8O3S. The molecule has 2 aromatic rings. The number of carbonyl (C=O) groups is 1. The van der Waals surface area contributed by atoms with E-state index < -0.39 is 5.97 Å². The van der Waals surface area contributed by atoms with E-state index in [2.05, 4.69) is 0 Å². The zero-order valence-electron chi connectivity index (χ0n) is 7.23. The van der Waals surface area contributed by atoms with Gasteiger partial charge in [0.15, 0.2) is 0 Å². The molecule has 0 aliphatic carbocycles. The van der Waals surface area contributed by atoms with Crippen LogP contribution in [0.3, 0.4) is 0 Å². The lowest BCUT2D eigenvalue weighted by molar-refractivity contribution is -0.136. The van der Waals surface area contributed by atoms with Crippen LogP contribution < -0.4 is 0 Å². The number of aromatic hydroxyl groups is 1. The molecular weight excluding hydrogens is 200 g/mol. The first kappa shape index (κ1) is 9.02. The Labute approximate surface area is 84.2 Å². The van der Waals surface area contributed by atoms with Crippen molar-refractivity contribution in [1.29, 1.82) is 0 Å². The van der Waals surface area contributed by atoms with Crippen molar-refractivity contribution in [1.82, 2.24) is 0 Å². The largest absolute Gasteiger partial charge is 0.507 e. The Morgan fingerprint density at radius 1 is 1.43 bits per heavy atom. The van der Waals surface area contributed by atoms with E-state index in [9.17, 15) is 9.90 Å². The molecule has 72 valence electrons. The fourth-order valence-electron chi connectivity index (χ4n) is 1.33. The number of hydrogen-bond donors (Lipinski definition) is 2. The Bertz CT molecular complexity index is 487. The normalized spacial score (nSPS) is 10.6. The molecule has 1 aromatic heterocycles. The topological polar surface area (TPSA) is 57.5 Å². The minimum absolute atomic E-state index is 0.0127. The Morgan fingerprint density at radius 3 is 2.86 bits per heavy atom. The summed E-state index contributed by atoms with van der Waals surface area (Å²) in [6.45, 7) is 0. The van der Waals surface area contributed by atoms with Gasteiger partial charge in [-0.1, -0.05) is 6.07 Å². The average molecular weight is 208 g/mol. The van der Waals surface area contributed by atoms with Crippen molar-refractivity contribution in [2.45, 2.75) is 6.42 Å². The maximum absolute atomic E-state index is 10.5. The van der Waals surface area contributed by atoms with Crippen molar-refractivity contribution < 1.29 is 15.0 Å². The van der Waals surface area contributed by atoms with Crippen LogP contribution in [0, 0.1) is 0 Å². The van der Waals surface area contributed by atoms with Crippen molar-refractivity contribution >= 4 is 27.4 Å². The number of carboxylic acids is 1. The lowest BCUT2D eigenvalue weighted by Crippen LogP contribution is -1.96. The van der Waals surface area contributed by atoms with Crippen molar-refractivity contribution in [3.63, 3.8) is 0 Å². The van der Waals surface area contributed by atoms with Gasteiger partial charge in [0.1, 0.15) is 5.75 Å². The molecule has 14 heavy (non-hydrogen) atoms. The Morgan fingerprint density at radius 2 is 2.21 bits per heavy atom. The SMILES string of the molecule is O=C(O)Cc1cc2c(O)cccc2s1. The molecule has 3 nitrogen and oxygen atoms in total. The Hall–Kier alpha value is -1.55. The summed E-state index contributed by atoms with van der Waals surface area (Å²) in [7, 11) is 0. The van der Waals surface area contributed by atoms with Crippen LogP contribution in [0.1, 0.15) is 4.88 Å². The van der Waals surface area contributed by atoms with E-state index in [1.165, 1.54) is 11.3 Å². The highest BCUT2D eigenvalue weighted by atomic mass is 32.1. The van der Waals surface area contributed by atoms with Crippen molar-refractivity contribution in [2.75, 3.05) is 0 Å². The van der Waals surface area contributed by atoms with Gasteiger partial charge in [-0.05, 0) is 18.2 Å². The molecule has 0 bridgehead atoms. The molecule has 0 aliphatic heterocycles. The molecule has 2 N–H and O–H groups in total. The number of aliphatic carboxylic acids is 1. The molecule has 0 saturated carbocycles. The zero-order chi connectivity index (χ0) is 10.1. The van der Waals surface area contributed by atoms with E-state index in [0.717, 1.165) is 15.0 Å². The second-order valence-electron chi connectivity index (χ2n) is 2.97. The van der Waals surface area contributed by atoms with Crippen LogP contribution in [0.25, 0.3) is 10.1 Å². The van der Waals surface area contributed by atoms with Crippen molar-refractivity contribution in [3.8, 4) is 5.75 Å². The average Bonchev–Trinajstić information content (AvgIpc) is 2.47. The van der Waals surface area contributed by atoms with Gasteiger partial charge in [0.25, 0.3) is 0 Å². The summed E-state index contributed by atoms with van der Waals surface area (Å²) in [6, 6.07) is 6.94. The number of benzene rings is 1. The summed E-state index contributed by atoms with van der Waals surface area (Å²) < 4.78 is 0.918. The molecule has 0 amide bonds. The van der Waals surface area contributed by atoms with Gasteiger partial charge < -0.3 is 10.2 Å². The van der Waals surface area contributed by atoms with Gasteiger partial charge in [-0.2, -0.15) is 0 Å². The molecule has 0 radical (unpaired) electrons. The van der Waals surface area contributed by atoms with Crippen LogP contribution in [-0.2, 0) is 11.2 Å². The summed E-state index contributed by atoms with van der Waals surface area (Å²) in [5.74, 6) is -0.647. The molecule has 1 heterocycles. The summed E-state index contributed by atoms with van der Waals surface area (Å²) in [5, 5.41) is 18.8. The molecule has 4 heteroatoms. The van der Waals surface area contributed by atoms with Gasteiger partial charge >= 0.3 is 5.97 Å². The molecule has 2 rings (SSSR count). The van der Waals surface area contributed by atoms with Crippen LogP contribution in [-0.4, -0.2) is 16.2 Å². The molecule has 0 fully saturated rings. The number of fused-ring (bicyclic) bond motifs is 1. The standard InChI is InChI=1S/C10H8O3S/c11-8-2-1-3-9-7(8)4-6(14-9)5-10(12)13/h1-4,11H,5H2,(H,12,13). The van der Waals surface area contributed by atoms with E-state index in [4.69, 9.17) is 5.11 Å². The minimum Gasteiger partial charge on any atom is -0.507 e. The summed E-state index contributed by atoms with van der Waals surface area (Å²) >= 11 is 1.40. The van der Waals surface area contributed by atoms with E-state index in [-0.39, 0.29) is 12.2 Å². The van der Waals surface area contributed by atoms with Crippen molar-refractivity contribution in [2.24, 2.45) is 0 Å². The maximum Gasteiger partial charge on any atom is 0.308 e. The molecule has 0 spiro atoms. The van der Waals surface area contributed by atoms with Gasteiger partial charge in [0.05, 0.1) is 6.42 Å². The first-order chi connectivity index (χ1) is 6.66. The number of hydrogen-bond acceptors (Lipinski definition) is 3. The third-order valence-electron chi connectivity index (χ3n) is 1.91. The number of thiophene rings is 1. The molecule has 0 saturated heterocycles. The van der Waals surface area contributed by atoms with E-state index in [1.807, 2.05) is 6.07 Å². The van der Waals surface area contributed by atoms with E-state index in [1.54, 1.807) is 18.2 Å². The van der Waals surface area contributed by atoms with Crippen LogP contribution in [0.15, 0.2) is 24.3 Å². The monoisotopic (exact) mass is 208 g/mol. The first-order valence-corrected chi connectivity index (χ1v) is 4.90. The molecule has 0 unspecified atom stereocenters. The molecule has 0 atom stereocenters.